The lowest BCUT2D eigenvalue weighted by molar-refractivity contribution is 0.00694. The highest BCUT2D eigenvalue weighted by atomic mass is 16.6. The SMILES string of the molecule is C[C@@H](O)c1ccc(C(=O)OC(C)(C)C)cc1. The monoisotopic (exact) mass is 222 g/mol. The van der Waals surface area contributed by atoms with Gasteiger partial charge in [-0.15, -0.1) is 0 Å². The summed E-state index contributed by atoms with van der Waals surface area (Å²) in [4.78, 5) is 11.7. The molecule has 0 radical (unpaired) electrons. The molecule has 1 N–H and O–H groups in total. The quantitative estimate of drug-likeness (QED) is 0.782. The van der Waals surface area contributed by atoms with Gasteiger partial charge in [0.1, 0.15) is 5.60 Å². The Balaban J connectivity index is 2.78. The van der Waals surface area contributed by atoms with E-state index >= 15 is 0 Å². The first-order valence-corrected chi connectivity index (χ1v) is 5.31. The normalized spacial score (nSPS) is 13.3. The number of aliphatic hydroxyl groups is 1. The molecule has 0 aliphatic heterocycles. The average Bonchev–Trinajstić information content (AvgIpc) is 2.15. The van der Waals surface area contributed by atoms with Crippen LogP contribution in [0, 0.1) is 0 Å². The molecule has 0 heterocycles. The molecule has 88 valence electrons. The minimum absolute atomic E-state index is 0.343. The Kier molecular flexibility index (Phi) is 3.70. The third-order valence-corrected chi connectivity index (χ3v) is 2.03. The summed E-state index contributed by atoms with van der Waals surface area (Å²) in [5.74, 6) is -0.343. The van der Waals surface area contributed by atoms with Crippen LogP contribution in [0.4, 0.5) is 0 Å². The molecule has 0 spiro atoms. The third kappa shape index (κ3) is 3.66. The van der Waals surface area contributed by atoms with E-state index in [1.807, 2.05) is 20.8 Å². The van der Waals surface area contributed by atoms with Crippen molar-refractivity contribution in [1.29, 1.82) is 0 Å². The number of hydrogen-bond donors (Lipinski definition) is 1. The first kappa shape index (κ1) is 12.7. The maximum absolute atomic E-state index is 11.7. The van der Waals surface area contributed by atoms with Gasteiger partial charge in [-0.3, -0.25) is 0 Å². The smallest absolute Gasteiger partial charge is 0.338 e. The van der Waals surface area contributed by atoms with Crippen molar-refractivity contribution >= 4 is 5.97 Å². The molecule has 0 amide bonds. The van der Waals surface area contributed by atoms with E-state index in [2.05, 4.69) is 0 Å². The van der Waals surface area contributed by atoms with Crippen LogP contribution in [-0.4, -0.2) is 16.7 Å². The minimum Gasteiger partial charge on any atom is -0.456 e. The largest absolute Gasteiger partial charge is 0.456 e. The Bertz CT molecular complexity index is 358. The van der Waals surface area contributed by atoms with Crippen molar-refractivity contribution in [3.05, 3.63) is 35.4 Å². The molecule has 1 atom stereocenters. The second-order valence-corrected chi connectivity index (χ2v) is 4.80. The molecule has 1 aromatic carbocycles. The molecule has 3 nitrogen and oxygen atoms in total. The second-order valence-electron chi connectivity index (χ2n) is 4.80. The molecule has 1 aromatic rings. The summed E-state index contributed by atoms with van der Waals surface area (Å²) in [6.07, 6.45) is -0.521. The van der Waals surface area contributed by atoms with E-state index in [1.54, 1.807) is 31.2 Å². The summed E-state index contributed by atoms with van der Waals surface area (Å²) in [6.45, 7) is 7.17. The Morgan fingerprint density at radius 1 is 1.25 bits per heavy atom. The minimum atomic E-state index is -0.521. The third-order valence-electron chi connectivity index (χ3n) is 2.03. The van der Waals surface area contributed by atoms with Crippen LogP contribution >= 0.6 is 0 Å². The summed E-state index contributed by atoms with van der Waals surface area (Å²) < 4.78 is 5.22. The molecule has 16 heavy (non-hydrogen) atoms. The van der Waals surface area contributed by atoms with Crippen molar-refractivity contribution in [2.45, 2.75) is 39.4 Å². The number of benzene rings is 1. The van der Waals surface area contributed by atoms with Gasteiger partial charge < -0.3 is 9.84 Å². The second kappa shape index (κ2) is 4.66. The van der Waals surface area contributed by atoms with E-state index in [-0.39, 0.29) is 5.97 Å². The molecule has 0 saturated heterocycles. The highest BCUT2D eigenvalue weighted by Gasteiger charge is 2.17. The highest BCUT2D eigenvalue weighted by molar-refractivity contribution is 5.89. The zero-order valence-electron chi connectivity index (χ0n) is 10.2. The zero-order valence-corrected chi connectivity index (χ0v) is 10.2. The van der Waals surface area contributed by atoms with Crippen LogP contribution in [0.1, 0.15) is 49.7 Å². The number of aliphatic hydroxyl groups excluding tert-OH is 1. The van der Waals surface area contributed by atoms with Gasteiger partial charge in [0.05, 0.1) is 11.7 Å². The Morgan fingerprint density at radius 3 is 2.12 bits per heavy atom. The van der Waals surface area contributed by atoms with Gasteiger partial charge in [-0.25, -0.2) is 4.79 Å². The van der Waals surface area contributed by atoms with E-state index in [0.29, 0.717) is 5.56 Å². The predicted molar refractivity (Wildman–Crippen MR) is 62.2 cm³/mol. The van der Waals surface area contributed by atoms with Crippen LogP contribution in [0.15, 0.2) is 24.3 Å². The lowest BCUT2D eigenvalue weighted by Crippen LogP contribution is -2.23. The van der Waals surface area contributed by atoms with Gasteiger partial charge in [-0.05, 0) is 45.4 Å². The van der Waals surface area contributed by atoms with Gasteiger partial charge in [0, 0.05) is 0 Å². The molecule has 0 unspecified atom stereocenters. The Morgan fingerprint density at radius 2 is 1.75 bits per heavy atom. The van der Waals surface area contributed by atoms with Gasteiger partial charge in [0.2, 0.25) is 0 Å². The van der Waals surface area contributed by atoms with Crippen LogP contribution in [0.5, 0.6) is 0 Å². The van der Waals surface area contributed by atoms with E-state index in [4.69, 9.17) is 4.74 Å². The van der Waals surface area contributed by atoms with Crippen LogP contribution in [-0.2, 0) is 4.74 Å². The highest BCUT2D eigenvalue weighted by Crippen LogP contribution is 2.15. The van der Waals surface area contributed by atoms with Crippen molar-refractivity contribution < 1.29 is 14.6 Å². The van der Waals surface area contributed by atoms with Gasteiger partial charge in [0.25, 0.3) is 0 Å². The predicted octanol–water partition coefficient (Wildman–Crippen LogP) is 2.70. The Labute approximate surface area is 96.1 Å². The average molecular weight is 222 g/mol. The van der Waals surface area contributed by atoms with Crippen molar-refractivity contribution in [2.24, 2.45) is 0 Å². The molecule has 0 aliphatic rings. The standard InChI is InChI=1S/C13H18O3/c1-9(14)10-5-7-11(8-6-10)12(15)16-13(2,3)4/h5-9,14H,1-4H3/t9-/m1/s1. The van der Waals surface area contributed by atoms with E-state index in [0.717, 1.165) is 5.56 Å². The van der Waals surface area contributed by atoms with E-state index in [9.17, 15) is 9.90 Å². The maximum Gasteiger partial charge on any atom is 0.338 e. The lowest BCUT2D eigenvalue weighted by atomic mass is 10.1. The molecule has 0 aliphatic carbocycles. The summed E-state index contributed by atoms with van der Waals surface area (Å²) >= 11 is 0. The van der Waals surface area contributed by atoms with E-state index < -0.39 is 11.7 Å². The summed E-state index contributed by atoms with van der Waals surface area (Å²) in [7, 11) is 0. The van der Waals surface area contributed by atoms with Crippen LogP contribution in [0.25, 0.3) is 0 Å². The molecular formula is C13H18O3. The molecule has 0 saturated carbocycles. The lowest BCUT2D eigenvalue weighted by Gasteiger charge is -2.19. The summed E-state index contributed by atoms with van der Waals surface area (Å²) in [6, 6.07) is 6.78. The zero-order chi connectivity index (χ0) is 12.3. The van der Waals surface area contributed by atoms with Gasteiger partial charge >= 0.3 is 5.97 Å². The van der Waals surface area contributed by atoms with Crippen molar-refractivity contribution in [1.82, 2.24) is 0 Å². The molecular weight excluding hydrogens is 204 g/mol. The number of ether oxygens (including phenoxy) is 1. The Hall–Kier alpha value is -1.35. The van der Waals surface area contributed by atoms with Crippen molar-refractivity contribution in [3.63, 3.8) is 0 Å². The topological polar surface area (TPSA) is 46.5 Å². The number of carbonyl (C=O) groups excluding carboxylic acids is 1. The summed E-state index contributed by atoms with van der Waals surface area (Å²) in [5, 5.41) is 9.32. The first-order chi connectivity index (χ1) is 7.29. The number of hydrogen-bond acceptors (Lipinski definition) is 3. The van der Waals surface area contributed by atoms with Crippen molar-refractivity contribution in [3.8, 4) is 0 Å². The molecule has 0 aromatic heterocycles. The van der Waals surface area contributed by atoms with E-state index in [1.165, 1.54) is 0 Å². The van der Waals surface area contributed by atoms with Gasteiger partial charge in [0.15, 0.2) is 0 Å². The van der Waals surface area contributed by atoms with Crippen LogP contribution in [0.3, 0.4) is 0 Å². The first-order valence-electron chi connectivity index (χ1n) is 5.31. The molecule has 0 fully saturated rings. The molecule has 0 bridgehead atoms. The number of esters is 1. The molecule has 1 rings (SSSR count). The molecule has 3 heteroatoms. The van der Waals surface area contributed by atoms with Crippen LogP contribution in [0.2, 0.25) is 0 Å². The fourth-order valence-electron chi connectivity index (χ4n) is 1.23. The maximum atomic E-state index is 11.7. The van der Waals surface area contributed by atoms with Gasteiger partial charge in [-0.2, -0.15) is 0 Å². The number of rotatable bonds is 2. The fourth-order valence-corrected chi connectivity index (χ4v) is 1.23. The van der Waals surface area contributed by atoms with Crippen LogP contribution < -0.4 is 0 Å². The van der Waals surface area contributed by atoms with Crippen molar-refractivity contribution in [2.75, 3.05) is 0 Å². The van der Waals surface area contributed by atoms with Gasteiger partial charge in [-0.1, -0.05) is 12.1 Å². The number of carbonyl (C=O) groups is 1. The fraction of sp³-hybridized carbons (Fsp3) is 0.462. The summed E-state index contributed by atoms with van der Waals surface area (Å²) in [5.41, 5.74) is 0.798.